The number of carbonyl (C=O) groups is 1. The first-order chi connectivity index (χ1) is 11.6. The fraction of sp³-hybridized carbons (Fsp3) is 0.389. The number of benzene rings is 1. The van der Waals surface area contributed by atoms with Crippen molar-refractivity contribution in [2.45, 2.75) is 26.3 Å². The predicted molar refractivity (Wildman–Crippen MR) is 95.0 cm³/mol. The molecular formula is C18H21ClN4O. The molecule has 0 spiro atoms. The number of carbonyl (C=O) groups excluding carboxylic acids is 1. The van der Waals surface area contributed by atoms with Gasteiger partial charge in [-0.3, -0.25) is 4.79 Å². The van der Waals surface area contributed by atoms with E-state index in [1.54, 1.807) is 6.20 Å². The zero-order chi connectivity index (χ0) is 16.9. The van der Waals surface area contributed by atoms with Gasteiger partial charge >= 0.3 is 0 Å². The van der Waals surface area contributed by atoms with Gasteiger partial charge in [0.1, 0.15) is 0 Å². The summed E-state index contributed by atoms with van der Waals surface area (Å²) in [6.07, 6.45) is 3.43. The van der Waals surface area contributed by atoms with Crippen LogP contribution in [0.3, 0.4) is 0 Å². The van der Waals surface area contributed by atoms with Crippen molar-refractivity contribution in [1.82, 2.24) is 15.3 Å². The largest absolute Gasteiger partial charge is 0.352 e. The lowest BCUT2D eigenvalue weighted by molar-refractivity contribution is -0.125. The van der Waals surface area contributed by atoms with E-state index in [0.29, 0.717) is 11.6 Å². The fourth-order valence-corrected chi connectivity index (χ4v) is 2.99. The van der Waals surface area contributed by atoms with Crippen molar-refractivity contribution < 1.29 is 4.79 Å². The molecule has 0 saturated carbocycles. The zero-order valence-corrected chi connectivity index (χ0v) is 14.5. The highest BCUT2D eigenvalue weighted by atomic mass is 35.5. The van der Waals surface area contributed by atoms with E-state index < -0.39 is 0 Å². The second-order valence-electron chi connectivity index (χ2n) is 6.10. The second kappa shape index (κ2) is 7.62. The van der Waals surface area contributed by atoms with Crippen LogP contribution in [-0.4, -0.2) is 29.0 Å². The van der Waals surface area contributed by atoms with E-state index in [1.807, 2.05) is 37.3 Å². The number of amides is 1. The second-order valence-corrected chi connectivity index (χ2v) is 6.54. The molecular weight excluding hydrogens is 324 g/mol. The maximum Gasteiger partial charge on any atom is 0.225 e. The molecule has 1 fully saturated rings. The number of nitrogens with zero attached hydrogens (tertiary/aromatic N) is 3. The van der Waals surface area contributed by atoms with Gasteiger partial charge in [-0.1, -0.05) is 23.7 Å². The van der Waals surface area contributed by atoms with Crippen LogP contribution in [0.25, 0.3) is 0 Å². The lowest BCUT2D eigenvalue weighted by Gasteiger charge is -2.31. The maximum absolute atomic E-state index is 12.3. The summed E-state index contributed by atoms with van der Waals surface area (Å²) in [5.74, 6) is 0.933. The van der Waals surface area contributed by atoms with Crippen LogP contribution < -0.4 is 10.2 Å². The average molecular weight is 345 g/mol. The van der Waals surface area contributed by atoms with Gasteiger partial charge in [-0.15, -0.1) is 0 Å². The Morgan fingerprint density at radius 2 is 1.96 bits per heavy atom. The standard InChI is InChI=1S/C18H21ClN4O/c1-13-6-9-20-18(22-13)23-10-7-15(8-11-23)17(24)21-12-14-2-4-16(19)5-3-14/h2-6,9,15H,7-8,10-12H2,1H3,(H,21,24). The predicted octanol–water partition coefficient (Wildman–Crippen LogP) is 2.97. The zero-order valence-electron chi connectivity index (χ0n) is 13.7. The number of anilines is 1. The Morgan fingerprint density at radius 3 is 2.62 bits per heavy atom. The van der Waals surface area contributed by atoms with Gasteiger partial charge in [-0.05, 0) is 43.5 Å². The molecule has 126 valence electrons. The molecule has 1 aromatic heterocycles. The van der Waals surface area contributed by atoms with Crippen LogP contribution in [0.5, 0.6) is 0 Å². The van der Waals surface area contributed by atoms with Crippen LogP contribution in [0.1, 0.15) is 24.1 Å². The highest BCUT2D eigenvalue weighted by molar-refractivity contribution is 6.30. The summed E-state index contributed by atoms with van der Waals surface area (Å²) in [4.78, 5) is 23.3. The molecule has 0 bridgehead atoms. The van der Waals surface area contributed by atoms with E-state index in [4.69, 9.17) is 11.6 Å². The first kappa shape index (κ1) is 16.7. The third-order valence-electron chi connectivity index (χ3n) is 4.31. The summed E-state index contributed by atoms with van der Waals surface area (Å²) in [5, 5.41) is 3.72. The van der Waals surface area contributed by atoms with E-state index in [9.17, 15) is 4.79 Å². The summed E-state index contributed by atoms with van der Waals surface area (Å²) in [7, 11) is 0. The van der Waals surface area contributed by atoms with E-state index in [1.165, 1.54) is 0 Å². The SMILES string of the molecule is Cc1ccnc(N2CCC(C(=O)NCc3ccc(Cl)cc3)CC2)n1. The van der Waals surface area contributed by atoms with Crippen molar-refractivity contribution in [2.24, 2.45) is 5.92 Å². The summed E-state index contributed by atoms with van der Waals surface area (Å²) in [6.45, 7) is 4.12. The number of aryl methyl sites for hydroxylation is 1. The number of aromatic nitrogens is 2. The Labute approximate surface area is 147 Å². The highest BCUT2D eigenvalue weighted by Gasteiger charge is 2.25. The summed E-state index contributed by atoms with van der Waals surface area (Å²) in [5.41, 5.74) is 2.01. The first-order valence-electron chi connectivity index (χ1n) is 8.18. The minimum absolute atomic E-state index is 0.0540. The van der Waals surface area contributed by atoms with E-state index in [0.717, 1.165) is 43.1 Å². The van der Waals surface area contributed by atoms with Crippen LogP contribution in [0.15, 0.2) is 36.5 Å². The van der Waals surface area contributed by atoms with Crippen molar-refractivity contribution >= 4 is 23.5 Å². The molecule has 0 atom stereocenters. The van der Waals surface area contributed by atoms with Gasteiger partial charge in [0.15, 0.2) is 0 Å². The Morgan fingerprint density at radius 1 is 1.25 bits per heavy atom. The molecule has 1 aliphatic heterocycles. The molecule has 1 aromatic carbocycles. The molecule has 24 heavy (non-hydrogen) atoms. The molecule has 2 heterocycles. The van der Waals surface area contributed by atoms with Crippen molar-refractivity contribution in [1.29, 1.82) is 0 Å². The average Bonchev–Trinajstić information content (AvgIpc) is 2.61. The van der Waals surface area contributed by atoms with Crippen molar-refractivity contribution in [3.05, 3.63) is 52.8 Å². The van der Waals surface area contributed by atoms with Crippen molar-refractivity contribution in [2.75, 3.05) is 18.0 Å². The van der Waals surface area contributed by atoms with Crippen molar-refractivity contribution in [3.63, 3.8) is 0 Å². The topological polar surface area (TPSA) is 58.1 Å². The van der Waals surface area contributed by atoms with Crippen LogP contribution in [0.2, 0.25) is 5.02 Å². The van der Waals surface area contributed by atoms with Crippen LogP contribution in [0.4, 0.5) is 5.95 Å². The number of rotatable bonds is 4. The molecule has 0 radical (unpaired) electrons. The van der Waals surface area contributed by atoms with E-state index in [-0.39, 0.29) is 11.8 Å². The molecule has 3 rings (SSSR count). The van der Waals surface area contributed by atoms with Gasteiger partial charge in [0.2, 0.25) is 11.9 Å². The Kier molecular flexibility index (Phi) is 5.30. The van der Waals surface area contributed by atoms with Crippen LogP contribution in [0, 0.1) is 12.8 Å². The fourth-order valence-electron chi connectivity index (χ4n) is 2.87. The van der Waals surface area contributed by atoms with E-state index in [2.05, 4.69) is 20.2 Å². The molecule has 6 heteroatoms. The number of piperidine rings is 1. The van der Waals surface area contributed by atoms with Gasteiger partial charge < -0.3 is 10.2 Å². The minimum atomic E-state index is 0.0540. The Balaban J connectivity index is 1.49. The van der Waals surface area contributed by atoms with Gasteiger partial charge in [-0.25, -0.2) is 9.97 Å². The smallest absolute Gasteiger partial charge is 0.225 e. The molecule has 1 amide bonds. The van der Waals surface area contributed by atoms with Crippen LogP contribution >= 0.6 is 11.6 Å². The van der Waals surface area contributed by atoms with Gasteiger partial charge in [0.25, 0.3) is 0 Å². The molecule has 0 aliphatic carbocycles. The van der Waals surface area contributed by atoms with E-state index >= 15 is 0 Å². The summed E-state index contributed by atoms with van der Waals surface area (Å²) < 4.78 is 0. The van der Waals surface area contributed by atoms with Gasteiger partial charge in [0, 0.05) is 42.5 Å². The first-order valence-corrected chi connectivity index (χ1v) is 8.56. The molecule has 0 unspecified atom stereocenters. The number of nitrogens with one attached hydrogen (secondary N) is 1. The Bertz CT molecular complexity index is 696. The summed E-state index contributed by atoms with van der Waals surface area (Å²) >= 11 is 5.87. The number of hydrogen-bond acceptors (Lipinski definition) is 4. The monoisotopic (exact) mass is 344 g/mol. The molecule has 2 aromatic rings. The van der Waals surface area contributed by atoms with Crippen LogP contribution in [-0.2, 0) is 11.3 Å². The van der Waals surface area contributed by atoms with Gasteiger partial charge in [0.05, 0.1) is 0 Å². The molecule has 1 aliphatic rings. The molecule has 1 N–H and O–H groups in total. The molecule has 5 nitrogen and oxygen atoms in total. The molecule has 1 saturated heterocycles. The minimum Gasteiger partial charge on any atom is -0.352 e. The third-order valence-corrected chi connectivity index (χ3v) is 4.56. The quantitative estimate of drug-likeness (QED) is 0.926. The highest BCUT2D eigenvalue weighted by Crippen LogP contribution is 2.21. The lowest BCUT2D eigenvalue weighted by atomic mass is 9.96. The maximum atomic E-state index is 12.3. The lowest BCUT2D eigenvalue weighted by Crippen LogP contribution is -2.41. The number of hydrogen-bond donors (Lipinski definition) is 1. The normalized spacial score (nSPS) is 15.3. The van der Waals surface area contributed by atoms with Crippen molar-refractivity contribution in [3.8, 4) is 0 Å². The Hall–Kier alpha value is -2.14. The third kappa shape index (κ3) is 4.23. The van der Waals surface area contributed by atoms with Gasteiger partial charge in [-0.2, -0.15) is 0 Å². The summed E-state index contributed by atoms with van der Waals surface area (Å²) in [6, 6.07) is 9.42. The number of halogens is 1.